The summed E-state index contributed by atoms with van der Waals surface area (Å²) in [5.74, 6) is 1.28. The molecule has 1 N–H and O–H groups in total. The average Bonchev–Trinajstić information content (AvgIpc) is 2.73. The van der Waals surface area contributed by atoms with Crippen molar-refractivity contribution >= 4 is 11.7 Å². The van der Waals surface area contributed by atoms with Gasteiger partial charge in [0.05, 0.1) is 7.11 Å². The van der Waals surface area contributed by atoms with Gasteiger partial charge in [0.2, 0.25) is 0 Å². The molecule has 0 aliphatic carbocycles. The molecule has 0 saturated carbocycles. The van der Waals surface area contributed by atoms with Gasteiger partial charge >= 0.3 is 0 Å². The van der Waals surface area contributed by atoms with Crippen LogP contribution in [-0.2, 0) is 13.1 Å². The number of anilines is 1. The second kappa shape index (κ2) is 8.80. The predicted molar refractivity (Wildman–Crippen MR) is 105 cm³/mol. The molecule has 2 aromatic carbocycles. The maximum atomic E-state index is 12.6. The maximum absolute atomic E-state index is 12.6. The molecule has 27 heavy (non-hydrogen) atoms. The summed E-state index contributed by atoms with van der Waals surface area (Å²) in [5.41, 5.74) is 2.52. The lowest BCUT2D eigenvalue weighted by Crippen LogP contribution is -2.27. The van der Waals surface area contributed by atoms with Crippen molar-refractivity contribution in [2.24, 2.45) is 0 Å². The minimum atomic E-state index is -0.145. The Morgan fingerprint density at radius 1 is 1.04 bits per heavy atom. The fourth-order valence-electron chi connectivity index (χ4n) is 2.63. The third kappa shape index (κ3) is 5.04. The quantitative estimate of drug-likeness (QED) is 0.698. The molecule has 0 saturated heterocycles. The number of carbonyl (C=O) groups is 1. The van der Waals surface area contributed by atoms with E-state index in [0.29, 0.717) is 24.6 Å². The van der Waals surface area contributed by atoms with Crippen molar-refractivity contribution in [3.8, 4) is 5.75 Å². The SMILES string of the molecule is COc1ccc(CNc2cc(C(=O)N(C)Cc3ccccc3)ncn2)cc1. The Kier molecular flexibility index (Phi) is 5.99. The van der Waals surface area contributed by atoms with Gasteiger partial charge in [-0.05, 0) is 23.3 Å². The van der Waals surface area contributed by atoms with Gasteiger partial charge < -0.3 is 15.0 Å². The highest BCUT2D eigenvalue weighted by Gasteiger charge is 2.14. The number of hydrogen-bond donors (Lipinski definition) is 1. The highest BCUT2D eigenvalue weighted by molar-refractivity contribution is 5.92. The number of nitrogens with zero attached hydrogens (tertiary/aromatic N) is 3. The van der Waals surface area contributed by atoms with Gasteiger partial charge in [0.25, 0.3) is 5.91 Å². The van der Waals surface area contributed by atoms with E-state index in [4.69, 9.17) is 4.74 Å². The van der Waals surface area contributed by atoms with Gasteiger partial charge in [-0.25, -0.2) is 9.97 Å². The van der Waals surface area contributed by atoms with E-state index in [-0.39, 0.29) is 5.91 Å². The molecule has 1 heterocycles. The highest BCUT2D eigenvalue weighted by atomic mass is 16.5. The van der Waals surface area contributed by atoms with Crippen LogP contribution in [0.5, 0.6) is 5.75 Å². The Bertz CT molecular complexity index is 882. The number of rotatable bonds is 7. The molecule has 0 radical (unpaired) electrons. The van der Waals surface area contributed by atoms with Gasteiger partial charge in [-0.15, -0.1) is 0 Å². The summed E-state index contributed by atoms with van der Waals surface area (Å²) in [6.45, 7) is 1.12. The van der Waals surface area contributed by atoms with Crippen molar-refractivity contribution in [2.75, 3.05) is 19.5 Å². The Labute approximate surface area is 158 Å². The Morgan fingerprint density at radius 2 is 1.78 bits per heavy atom. The molecule has 1 amide bonds. The van der Waals surface area contributed by atoms with Crippen LogP contribution in [-0.4, -0.2) is 34.9 Å². The van der Waals surface area contributed by atoms with Gasteiger partial charge in [-0.3, -0.25) is 4.79 Å². The van der Waals surface area contributed by atoms with Crippen LogP contribution in [0.2, 0.25) is 0 Å². The number of carbonyl (C=O) groups excluding carboxylic acids is 1. The van der Waals surface area contributed by atoms with E-state index in [9.17, 15) is 4.79 Å². The van der Waals surface area contributed by atoms with Gasteiger partial charge in [-0.1, -0.05) is 42.5 Å². The first-order valence-corrected chi connectivity index (χ1v) is 8.64. The summed E-state index contributed by atoms with van der Waals surface area (Å²) >= 11 is 0. The molecule has 1 aromatic heterocycles. The molecule has 3 aromatic rings. The largest absolute Gasteiger partial charge is 0.497 e. The molecule has 0 fully saturated rings. The van der Waals surface area contributed by atoms with Crippen LogP contribution >= 0.6 is 0 Å². The van der Waals surface area contributed by atoms with Crippen LogP contribution in [0.4, 0.5) is 5.82 Å². The van der Waals surface area contributed by atoms with Crippen LogP contribution in [0, 0.1) is 0 Å². The molecular weight excluding hydrogens is 340 g/mol. The van der Waals surface area contributed by atoms with Crippen molar-refractivity contribution in [3.63, 3.8) is 0 Å². The average molecular weight is 362 g/mol. The van der Waals surface area contributed by atoms with Crippen molar-refractivity contribution < 1.29 is 9.53 Å². The smallest absolute Gasteiger partial charge is 0.272 e. The van der Waals surface area contributed by atoms with E-state index in [1.165, 1.54) is 6.33 Å². The van der Waals surface area contributed by atoms with Crippen molar-refractivity contribution in [3.05, 3.63) is 83.8 Å². The molecule has 0 spiro atoms. The van der Waals surface area contributed by atoms with E-state index in [1.54, 1.807) is 25.1 Å². The first-order chi connectivity index (χ1) is 13.2. The van der Waals surface area contributed by atoms with Gasteiger partial charge in [0.1, 0.15) is 23.6 Å². The van der Waals surface area contributed by atoms with Crippen LogP contribution in [0.25, 0.3) is 0 Å². The number of amides is 1. The Morgan fingerprint density at radius 3 is 2.48 bits per heavy atom. The summed E-state index contributed by atoms with van der Waals surface area (Å²) in [6, 6.07) is 19.3. The zero-order chi connectivity index (χ0) is 19.1. The molecular formula is C21H22N4O2. The fourth-order valence-corrected chi connectivity index (χ4v) is 2.63. The van der Waals surface area contributed by atoms with E-state index < -0.39 is 0 Å². The topological polar surface area (TPSA) is 67.3 Å². The molecule has 0 aliphatic heterocycles. The molecule has 0 bridgehead atoms. The molecule has 0 unspecified atom stereocenters. The van der Waals surface area contributed by atoms with Crippen LogP contribution in [0.1, 0.15) is 21.6 Å². The number of ether oxygens (including phenoxy) is 1. The number of hydrogen-bond acceptors (Lipinski definition) is 5. The second-order valence-corrected chi connectivity index (χ2v) is 6.14. The fraction of sp³-hybridized carbons (Fsp3) is 0.190. The molecule has 3 rings (SSSR count). The molecule has 6 heteroatoms. The molecule has 0 atom stereocenters. The minimum Gasteiger partial charge on any atom is -0.497 e. The van der Waals surface area contributed by atoms with Crippen LogP contribution < -0.4 is 10.1 Å². The number of methoxy groups -OCH3 is 1. The Hall–Kier alpha value is -3.41. The van der Waals surface area contributed by atoms with Crippen molar-refractivity contribution in [2.45, 2.75) is 13.1 Å². The first kappa shape index (κ1) is 18.4. The van der Waals surface area contributed by atoms with Crippen molar-refractivity contribution in [1.82, 2.24) is 14.9 Å². The Balaban J connectivity index is 1.62. The van der Waals surface area contributed by atoms with E-state index >= 15 is 0 Å². The third-order valence-electron chi connectivity index (χ3n) is 4.13. The van der Waals surface area contributed by atoms with E-state index in [2.05, 4.69) is 15.3 Å². The van der Waals surface area contributed by atoms with Gasteiger partial charge in [0.15, 0.2) is 0 Å². The molecule has 0 aliphatic rings. The molecule has 6 nitrogen and oxygen atoms in total. The lowest BCUT2D eigenvalue weighted by atomic mass is 10.2. The summed E-state index contributed by atoms with van der Waals surface area (Å²) < 4.78 is 5.16. The minimum absolute atomic E-state index is 0.145. The van der Waals surface area contributed by atoms with E-state index in [1.807, 2.05) is 54.6 Å². The maximum Gasteiger partial charge on any atom is 0.272 e. The number of aromatic nitrogens is 2. The number of nitrogens with one attached hydrogen (secondary N) is 1. The predicted octanol–water partition coefficient (Wildman–Crippen LogP) is 3.37. The monoisotopic (exact) mass is 362 g/mol. The second-order valence-electron chi connectivity index (χ2n) is 6.14. The number of benzene rings is 2. The van der Waals surface area contributed by atoms with Gasteiger partial charge in [-0.2, -0.15) is 0 Å². The van der Waals surface area contributed by atoms with Crippen LogP contribution in [0.15, 0.2) is 67.0 Å². The zero-order valence-corrected chi connectivity index (χ0v) is 15.4. The highest BCUT2D eigenvalue weighted by Crippen LogP contribution is 2.14. The lowest BCUT2D eigenvalue weighted by Gasteiger charge is -2.17. The first-order valence-electron chi connectivity index (χ1n) is 8.64. The van der Waals surface area contributed by atoms with Crippen LogP contribution in [0.3, 0.4) is 0 Å². The van der Waals surface area contributed by atoms with E-state index in [0.717, 1.165) is 16.9 Å². The third-order valence-corrected chi connectivity index (χ3v) is 4.13. The summed E-state index contributed by atoms with van der Waals surface area (Å²) in [5, 5.41) is 3.22. The van der Waals surface area contributed by atoms with Crippen molar-refractivity contribution in [1.29, 1.82) is 0 Å². The molecule has 138 valence electrons. The van der Waals surface area contributed by atoms with Gasteiger partial charge in [0, 0.05) is 26.2 Å². The summed E-state index contributed by atoms with van der Waals surface area (Å²) in [6.07, 6.45) is 1.40. The standard InChI is InChI=1S/C21H22N4O2/c1-25(14-17-6-4-3-5-7-17)21(26)19-12-20(24-15-23-19)22-13-16-8-10-18(27-2)11-9-16/h3-12,15H,13-14H2,1-2H3,(H,22,23,24). The zero-order valence-electron chi connectivity index (χ0n) is 15.4. The normalized spacial score (nSPS) is 10.3. The lowest BCUT2D eigenvalue weighted by molar-refractivity contribution is 0.0779. The summed E-state index contributed by atoms with van der Waals surface area (Å²) in [7, 11) is 3.41. The summed E-state index contributed by atoms with van der Waals surface area (Å²) in [4.78, 5) is 22.6.